The number of carbonyl (C=O) groups excluding carboxylic acids is 1. The summed E-state index contributed by atoms with van der Waals surface area (Å²) in [6.07, 6.45) is 0.710. The van der Waals surface area contributed by atoms with Crippen LogP contribution < -0.4 is 10.5 Å². The van der Waals surface area contributed by atoms with E-state index < -0.39 is 21.7 Å². The van der Waals surface area contributed by atoms with Crippen molar-refractivity contribution in [3.05, 3.63) is 29.1 Å². The van der Waals surface area contributed by atoms with E-state index in [1.54, 1.807) is 6.92 Å². The zero-order valence-electron chi connectivity index (χ0n) is 11.0. The highest BCUT2D eigenvalue weighted by Gasteiger charge is 2.20. The van der Waals surface area contributed by atoms with Crippen LogP contribution in [0.15, 0.2) is 17.0 Å². The summed E-state index contributed by atoms with van der Waals surface area (Å²) in [5.74, 6) is -1.33. The normalized spacial score (nSPS) is 13.1. The minimum Gasteiger partial charge on any atom is -0.350 e. The Morgan fingerprint density at radius 3 is 2.53 bits per heavy atom. The molecule has 0 bridgehead atoms. The van der Waals surface area contributed by atoms with Crippen molar-refractivity contribution in [3.8, 4) is 0 Å². The summed E-state index contributed by atoms with van der Waals surface area (Å²) in [6, 6.07) is 1.72. The van der Waals surface area contributed by atoms with Gasteiger partial charge in [0.2, 0.25) is 10.0 Å². The van der Waals surface area contributed by atoms with Gasteiger partial charge >= 0.3 is 0 Å². The quantitative estimate of drug-likeness (QED) is 0.875. The average molecular weight is 288 g/mol. The van der Waals surface area contributed by atoms with E-state index in [1.165, 1.54) is 6.92 Å². The Labute approximate surface area is 112 Å². The summed E-state index contributed by atoms with van der Waals surface area (Å²) in [5, 5.41) is 7.65. The van der Waals surface area contributed by atoms with E-state index in [0.717, 1.165) is 12.1 Å². The van der Waals surface area contributed by atoms with Gasteiger partial charge in [-0.3, -0.25) is 4.79 Å². The lowest BCUT2D eigenvalue weighted by molar-refractivity contribution is 0.0938. The predicted molar refractivity (Wildman–Crippen MR) is 69.7 cm³/mol. The number of rotatable bonds is 4. The molecule has 1 aromatic rings. The van der Waals surface area contributed by atoms with Gasteiger partial charge in [0.15, 0.2) is 0 Å². The molecule has 0 aliphatic carbocycles. The predicted octanol–water partition coefficient (Wildman–Crippen LogP) is 1.31. The van der Waals surface area contributed by atoms with Gasteiger partial charge in [-0.1, -0.05) is 6.92 Å². The minimum atomic E-state index is -4.07. The summed E-state index contributed by atoms with van der Waals surface area (Å²) in [5.41, 5.74) is 0.119. The Morgan fingerprint density at radius 2 is 2.05 bits per heavy atom. The number of amides is 1. The molecular formula is C12H17FN2O3S. The van der Waals surface area contributed by atoms with Crippen LogP contribution in [0.25, 0.3) is 0 Å². The summed E-state index contributed by atoms with van der Waals surface area (Å²) in [7, 11) is -4.07. The number of carbonyl (C=O) groups is 1. The van der Waals surface area contributed by atoms with Crippen molar-refractivity contribution in [2.24, 2.45) is 5.14 Å². The molecule has 5 nitrogen and oxygen atoms in total. The second-order valence-corrected chi connectivity index (χ2v) is 5.93. The second-order valence-electron chi connectivity index (χ2n) is 4.40. The monoisotopic (exact) mass is 288 g/mol. The molecule has 0 aromatic heterocycles. The SMILES string of the molecule is CCC(C)NC(=O)c1cc(F)cc(S(N)(=O)=O)c1C. The minimum absolute atomic E-state index is 0.0238. The van der Waals surface area contributed by atoms with Gasteiger partial charge in [0.25, 0.3) is 5.91 Å². The van der Waals surface area contributed by atoms with Crippen LogP contribution in [0.4, 0.5) is 4.39 Å². The van der Waals surface area contributed by atoms with Crippen LogP contribution in [-0.4, -0.2) is 20.4 Å². The molecule has 0 radical (unpaired) electrons. The van der Waals surface area contributed by atoms with Crippen molar-refractivity contribution in [1.29, 1.82) is 0 Å². The van der Waals surface area contributed by atoms with Gasteiger partial charge in [-0.2, -0.15) is 0 Å². The molecule has 1 amide bonds. The third kappa shape index (κ3) is 3.74. The number of primary sulfonamides is 1. The van der Waals surface area contributed by atoms with E-state index in [9.17, 15) is 17.6 Å². The molecule has 0 saturated heterocycles. The molecule has 0 spiro atoms. The number of hydrogen-bond donors (Lipinski definition) is 2. The van der Waals surface area contributed by atoms with Crippen LogP contribution >= 0.6 is 0 Å². The molecule has 3 N–H and O–H groups in total. The lowest BCUT2D eigenvalue weighted by Gasteiger charge is -2.14. The Bertz CT molecular complexity index is 599. The van der Waals surface area contributed by atoms with Crippen LogP contribution in [0, 0.1) is 12.7 Å². The molecule has 0 fully saturated rings. The lowest BCUT2D eigenvalue weighted by Crippen LogP contribution is -2.32. The summed E-state index contributed by atoms with van der Waals surface area (Å²) < 4.78 is 36.1. The van der Waals surface area contributed by atoms with Gasteiger partial charge in [-0.25, -0.2) is 17.9 Å². The first-order valence-electron chi connectivity index (χ1n) is 5.80. The highest BCUT2D eigenvalue weighted by Crippen LogP contribution is 2.20. The molecule has 1 rings (SSSR count). The fourth-order valence-electron chi connectivity index (χ4n) is 1.59. The van der Waals surface area contributed by atoms with Crippen LogP contribution in [0.5, 0.6) is 0 Å². The number of nitrogens with one attached hydrogen (secondary N) is 1. The van der Waals surface area contributed by atoms with Crippen molar-refractivity contribution in [3.63, 3.8) is 0 Å². The first-order chi connectivity index (χ1) is 8.66. The van der Waals surface area contributed by atoms with E-state index in [2.05, 4.69) is 5.32 Å². The fraction of sp³-hybridized carbons (Fsp3) is 0.417. The second kappa shape index (κ2) is 5.66. The molecule has 1 atom stereocenters. The number of benzene rings is 1. The average Bonchev–Trinajstić information content (AvgIpc) is 2.29. The smallest absolute Gasteiger partial charge is 0.251 e. The van der Waals surface area contributed by atoms with Gasteiger partial charge in [0.1, 0.15) is 5.82 Å². The maximum absolute atomic E-state index is 13.4. The van der Waals surface area contributed by atoms with Crippen molar-refractivity contribution in [2.45, 2.75) is 38.1 Å². The van der Waals surface area contributed by atoms with E-state index >= 15 is 0 Å². The molecule has 0 saturated carbocycles. The highest BCUT2D eigenvalue weighted by atomic mass is 32.2. The maximum Gasteiger partial charge on any atom is 0.251 e. The highest BCUT2D eigenvalue weighted by molar-refractivity contribution is 7.89. The van der Waals surface area contributed by atoms with Gasteiger partial charge < -0.3 is 5.32 Å². The topological polar surface area (TPSA) is 89.3 Å². The number of halogens is 1. The standard InChI is InChI=1S/C12H17FN2O3S/c1-4-7(2)15-12(16)10-5-9(13)6-11(8(10)3)19(14,17)18/h5-7H,4H2,1-3H3,(H,15,16)(H2,14,17,18). The van der Waals surface area contributed by atoms with Crippen LogP contribution in [-0.2, 0) is 10.0 Å². The molecule has 19 heavy (non-hydrogen) atoms. The van der Waals surface area contributed by atoms with Crippen LogP contribution in [0.1, 0.15) is 36.2 Å². The van der Waals surface area contributed by atoms with E-state index in [-0.39, 0.29) is 22.1 Å². The molecule has 106 valence electrons. The zero-order chi connectivity index (χ0) is 14.8. The van der Waals surface area contributed by atoms with E-state index in [0.29, 0.717) is 6.42 Å². The maximum atomic E-state index is 13.4. The third-order valence-electron chi connectivity index (χ3n) is 2.87. The first kappa shape index (κ1) is 15.6. The lowest BCUT2D eigenvalue weighted by atomic mass is 10.1. The van der Waals surface area contributed by atoms with Crippen LogP contribution in [0.3, 0.4) is 0 Å². The fourth-order valence-corrected chi connectivity index (χ4v) is 2.40. The van der Waals surface area contributed by atoms with Gasteiger partial charge in [0.05, 0.1) is 4.90 Å². The van der Waals surface area contributed by atoms with Crippen molar-refractivity contribution in [1.82, 2.24) is 5.32 Å². The van der Waals surface area contributed by atoms with Crippen LogP contribution in [0.2, 0.25) is 0 Å². The summed E-state index contributed by atoms with van der Waals surface area (Å²) in [4.78, 5) is 11.6. The zero-order valence-corrected chi connectivity index (χ0v) is 11.8. The third-order valence-corrected chi connectivity index (χ3v) is 3.90. The Morgan fingerprint density at radius 1 is 1.47 bits per heavy atom. The molecule has 0 aliphatic rings. The first-order valence-corrected chi connectivity index (χ1v) is 7.35. The largest absolute Gasteiger partial charge is 0.350 e. The van der Waals surface area contributed by atoms with Crippen molar-refractivity contribution < 1.29 is 17.6 Å². The number of nitrogens with two attached hydrogens (primary N) is 1. The molecule has 1 unspecified atom stereocenters. The Hall–Kier alpha value is -1.47. The van der Waals surface area contributed by atoms with Crippen molar-refractivity contribution >= 4 is 15.9 Å². The number of sulfonamides is 1. The van der Waals surface area contributed by atoms with Gasteiger partial charge in [0, 0.05) is 11.6 Å². The Kier molecular flexibility index (Phi) is 4.65. The Balaban J connectivity index is 3.30. The molecule has 0 heterocycles. The molecule has 1 aromatic carbocycles. The van der Waals surface area contributed by atoms with E-state index in [1.807, 2.05) is 6.92 Å². The molecule has 7 heteroatoms. The summed E-state index contributed by atoms with van der Waals surface area (Å²) >= 11 is 0. The van der Waals surface area contributed by atoms with E-state index in [4.69, 9.17) is 5.14 Å². The molecule has 0 aliphatic heterocycles. The van der Waals surface area contributed by atoms with Gasteiger partial charge in [-0.15, -0.1) is 0 Å². The van der Waals surface area contributed by atoms with Gasteiger partial charge in [-0.05, 0) is 38.0 Å². The number of hydrogen-bond acceptors (Lipinski definition) is 3. The van der Waals surface area contributed by atoms with Crippen molar-refractivity contribution in [2.75, 3.05) is 0 Å². The summed E-state index contributed by atoms with van der Waals surface area (Å²) in [6.45, 7) is 5.11. The molecular weight excluding hydrogens is 271 g/mol.